The van der Waals surface area contributed by atoms with Crippen LogP contribution >= 0.6 is 15.9 Å². The van der Waals surface area contributed by atoms with Gasteiger partial charge < -0.3 is 29.5 Å². The Kier molecular flexibility index (Phi) is 10.7. The van der Waals surface area contributed by atoms with Gasteiger partial charge >= 0.3 is 6.09 Å². The highest BCUT2D eigenvalue weighted by molar-refractivity contribution is 9.10. The third-order valence-corrected chi connectivity index (χ3v) is 8.61. The number of ether oxygens (including phenoxy) is 3. The molecule has 0 spiro atoms. The van der Waals surface area contributed by atoms with Crippen LogP contribution in [-0.2, 0) is 15.8 Å². The molecule has 2 aliphatic heterocycles. The fourth-order valence-electron chi connectivity index (χ4n) is 5.60. The summed E-state index contributed by atoms with van der Waals surface area (Å²) in [4.78, 5) is 22.2. The molecular formula is C33H43BrN4O5. The Bertz CT molecular complexity index is 1310. The number of hydrogen-bond donors (Lipinski definition) is 2. The van der Waals surface area contributed by atoms with E-state index in [4.69, 9.17) is 14.2 Å². The number of piperidine rings is 2. The van der Waals surface area contributed by atoms with Gasteiger partial charge in [-0.2, -0.15) is 0 Å². The largest absolute Gasteiger partial charge is 0.481 e. The van der Waals surface area contributed by atoms with Gasteiger partial charge in [0.05, 0.1) is 19.8 Å². The molecule has 2 aliphatic rings. The lowest BCUT2D eigenvalue weighted by molar-refractivity contribution is -0.0358. The number of pyridine rings is 2. The highest BCUT2D eigenvalue weighted by Crippen LogP contribution is 2.40. The molecule has 0 atom stereocenters. The molecule has 2 saturated heterocycles. The standard InChI is InChI=1S/C17H19BrN2O.C16H24N2O4/c1-21-16-7-4-14(12-20-16)17(8-10-19-11-9-17)13-2-5-15(18)6-3-13;1-15(2,3)22-14(19)18-9-7-16(20,8-10-18)12-5-6-13(21-4)17-11-12/h2-7,12,19H,8-11H2,1H3;5-6,11,20H,7-10H2,1-4H3. The van der Waals surface area contributed by atoms with E-state index < -0.39 is 11.2 Å². The van der Waals surface area contributed by atoms with Gasteiger partial charge in [-0.3, -0.25) is 0 Å². The van der Waals surface area contributed by atoms with Gasteiger partial charge in [-0.25, -0.2) is 14.8 Å². The maximum atomic E-state index is 12.0. The second-order valence-corrected chi connectivity index (χ2v) is 12.9. The van der Waals surface area contributed by atoms with Crippen molar-refractivity contribution in [2.24, 2.45) is 0 Å². The van der Waals surface area contributed by atoms with Crippen molar-refractivity contribution in [1.29, 1.82) is 0 Å². The molecule has 0 saturated carbocycles. The average Bonchev–Trinajstić information content (AvgIpc) is 3.01. The normalized spacial score (nSPS) is 17.7. The zero-order chi connectivity index (χ0) is 31.1. The minimum absolute atomic E-state index is 0.0468. The van der Waals surface area contributed by atoms with E-state index in [9.17, 15) is 9.90 Å². The van der Waals surface area contributed by atoms with E-state index in [1.54, 1.807) is 31.4 Å². The predicted molar refractivity (Wildman–Crippen MR) is 170 cm³/mol. The molecule has 1 amide bonds. The maximum Gasteiger partial charge on any atom is 0.410 e. The molecule has 2 fully saturated rings. The number of nitrogens with one attached hydrogen (secondary N) is 1. The van der Waals surface area contributed by atoms with Crippen molar-refractivity contribution >= 4 is 22.0 Å². The molecule has 43 heavy (non-hydrogen) atoms. The van der Waals surface area contributed by atoms with Crippen LogP contribution in [0.3, 0.4) is 0 Å². The topological polar surface area (TPSA) is 106 Å². The number of methoxy groups -OCH3 is 2. The molecule has 232 valence electrons. The van der Waals surface area contributed by atoms with E-state index in [2.05, 4.69) is 61.5 Å². The van der Waals surface area contributed by atoms with E-state index in [-0.39, 0.29) is 11.5 Å². The van der Waals surface area contributed by atoms with Crippen molar-refractivity contribution in [3.05, 3.63) is 82.1 Å². The number of rotatable bonds is 5. The molecule has 10 heteroatoms. The van der Waals surface area contributed by atoms with Crippen LogP contribution in [-0.4, -0.2) is 72.1 Å². The van der Waals surface area contributed by atoms with Crippen LogP contribution in [0.25, 0.3) is 0 Å². The Labute approximate surface area is 263 Å². The van der Waals surface area contributed by atoms with Gasteiger partial charge in [0.1, 0.15) is 5.60 Å². The zero-order valence-corrected chi connectivity index (χ0v) is 27.3. The number of carbonyl (C=O) groups is 1. The molecule has 9 nitrogen and oxygen atoms in total. The highest BCUT2D eigenvalue weighted by atomic mass is 79.9. The molecule has 1 aromatic carbocycles. The number of halogens is 1. The van der Waals surface area contributed by atoms with Crippen molar-refractivity contribution in [3.8, 4) is 11.8 Å². The van der Waals surface area contributed by atoms with Crippen LogP contribution < -0.4 is 14.8 Å². The molecular weight excluding hydrogens is 612 g/mol. The van der Waals surface area contributed by atoms with Crippen molar-refractivity contribution < 1.29 is 24.1 Å². The minimum atomic E-state index is -0.961. The lowest BCUT2D eigenvalue weighted by Gasteiger charge is -2.38. The molecule has 0 radical (unpaired) electrons. The van der Waals surface area contributed by atoms with Crippen LogP contribution in [0.15, 0.2) is 65.4 Å². The quantitative estimate of drug-likeness (QED) is 0.354. The van der Waals surface area contributed by atoms with Gasteiger partial charge in [-0.05, 0) is 88.9 Å². The summed E-state index contributed by atoms with van der Waals surface area (Å²) in [5.74, 6) is 1.18. The van der Waals surface area contributed by atoms with Crippen molar-refractivity contribution in [2.45, 2.75) is 63.1 Å². The van der Waals surface area contributed by atoms with Gasteiger partial charge in [-0.1, -0.05) is 34.1 Å². The summed E-state index contributed by atoms with van der Waals surface area (Å²) in [7, 11) is 3.20. The summed E-state index contributed by atoms with van der Waals surface area (Å²) in [6, 6.07) is 16.3. The van der Waals surface area contributed by atoms with E-state index in [0.717, 1.165) is 36.0 Å². The van der Waals surface area contributed by atoms with Crippen LogP contribution in [0.2, 0.25) is 0 Å². The molecule has 5 rings (SSSR count). The number of carbonyl (C=O) groups excluding carboxylic acids is 1. The van der Waals surface area contributed by atoms with E-state index >= 15 is 0 Å². The number of aromatic nitrogens is 2. The third-order valence-electron chi connectivity index (χ3n) is 8.08. The maximum absolute atomic E-state index is 12.0. The van der Waals surface area contributed by atoms with E-state index in [1.807, 2.05) is 39.1 Å². The zero-order valence-electron chi connectivity index (χ0n) is 25.7. The number of benzene rings is 1. The summed E-state index contributed by atoms with van der Waals surface area (Å²) >= 11 is 3.52. The van der Waals surface area contributed by atoms with Crippen LogP contribution in [0.4, 0.5) is 4.79 Å². The second-order valence-electron chi connectivity index (χ2n) is 12.0. The Morgan fingerprint density at radius 1 is 0.837 bits per heavy atom. The predicted octanol–water partition coefficient (Wildman–Crippen LogP) is 5.83. The Morgan fingerprint density at radius 3 is 1.81 bits per heavy atom. The first-order valence-electron chi connectivity index (χ1n) is 14.7. The number of amides is 1. The number of hydrogen-bond acceptors (Lipinski definition) is 8. The van der Waals surface area contributed by atoms with Gasteiger partial charge in [0.25, 0.3) is 0 Å². The number of aliphatic hydroxyl groups is 1. The van der Waals surface area contributed by atoms with Gasteiger partial charge in [0.2, 0.25) is 11.8 Å². The smallest absolute Gasteiger partial charge is 0.410 e. The lowest BCUT2D eigenvalue weighted by Crippen LogP contribution is -2.46. The monoisotopic (exact) mass is 654 g/mol. The molecule has 2 N–H and O–H groups in total. The minimum Gasteiger partial charge on any atom is -0.481 e. The first kappa shape index (κ1) is 32.7. The first-order valence-corrected chi connectivity index (χ1v) is 15.5. The van der Waals surface area contributed by atoms with Crippen molar-refractivity contribution in [3.63, 3.8) is 0 Å². The molecule has 0 bridgehead atoms. The van der Waals surface area contributed by atoms with Crippen molar-refractivity contribution in [2.75, 3.05) is 40.4 Å². The summed E-state index contributed by atoms with van der Waals surface area (Å²) in [6.07, 6.45) is 6.35. The summed E-state index contributed by atoms with van der Waals surface area (Å²) in [6.45, 7) is 8.50. The van der Waals surface area contributed by atoms with Crippen LogP contribution in [0.5, 0.6) is 11.8 Å². The van der Waals surface area contributed by atoms with Crippen LogP contribution in [0.1, 0.15) is 63.1 Å². The molecule has 3 aromatic rings. The average molecular weight is 656 g/mol. The molecule has 4 heterocycles. The Morgan fingerprint density at radius 2 is 1.35 bits per heavy atom. The summed E-state index contributed by atoms with van der Waals surface area (Å²) < 4.78 is 16.7. The van der Waals surface area contributed by atoms with Gasteiger partial charge in [-0.15, -0.1) is 0 Å². The molecule has 0 aliphatic carbocycles. The van der Waals surface area contributed by atoms with Gasteiger partial charge in [0, 0.05) is 53.1 Å². The van der Waals surface area contributed by atoms with Crippen molar-refractivity contribution in [1.82, 2.24) is 20.2 Å². The second kappa shape index (κ2) is 14.1. The highest BCUT2D eigenvalue weighted by Gasteiger charge is 2.37. The first-order chi connectivity index (χ1) is 20.5. The Balaban J connectivity index is 0.000000197. The van der Waals surface area contributed by atoms with Crippen LogP contribution in [0, 0.1) is 0 Å². The number of nitrogens with zero attached hydrogens (tertiary/aromatic N) is 3. The number of likely N-dealkylation sites (tertiary alicyclic amines) is 1. The third kappa shape index (κ3) is 8.25. The molecule has 0 unspecified atom stereocenters. The molecule has 2 aromatic heterocycles. The Hall–Kier alpha value is -3.21. The van der Waals surface area contributed by atoms with E-state index in [0.29, 0.717) is 37.7 Å². The fourth-order valence-corrected chi connectivity index (χ4v) is 5.87. The SMILES string of the molecule is COc1ccc(C2(O)CCN(C(=O)OC(C)(C)C)CC2)cn1.COc1ccc(C2(c3ccc(Br)cc3)CCNCC2)cn1. The fraction of sp³-hybridized carbons (Fsp3) is 0.485. The summed E-state index contributed by atoms with van der Waals surface area (Å²) in [5, 5.41) is 14.2. The summed E-state index contributed by atoms with van der Waals surface area (Å²) in [5.41, 5.74) is 1.96. The van der Waals surface area contributed by atoms with Gasteiger partial charge in [0.15, 0.2) is 0 Å². The lowest BCUT2D eigenvalue weighted by atomic mass is 9.69. The van der Waals surface area contributed by atoms with E-state index in [1.165, 1.54) is 11.1 Å².